The predicted octanol–water partition coefficient (Wildman–Crippen LogP) is 1.65. The minimum Gasteiger partial charge on any atom is -0.493 e. The topological polar surface area (TPSA) is 73.3 Å². The lowest BCUT2D eigenvalue weighted by atomic mass is 9.79. The van der Waals surface area contributed by atoms with Crippen molar-refractivity contribution >= 4 is 0 Å². The third-order valence-corrected chi connectivity index (χ3v) is 4.58. The second kappa shape index (κ2) is 5.01. The van der Waals surface area contributed by atoms with E-state index in [1.54, 1.807) is 0 Å². The molecular formula is C17H18N2O4. The molecule has 0 fully saturated rings. The second-order valence-electron chi connectivity index (χ2n) is 6.34. The molecule has 0 spiro atoms. The average molecular weight is 314 g/mol. The summed E-state index contributed by atoms with van der Waals surface area (Å²) < 4.78 is 12.7. The maximum absolute atomic E-state index is 13.0. The molecule has 0 radical (unpaired) electrons. The molecule has 2 aromatic rings. The van der Waals surface area contributed by atoms with Gasteiger partial charge in [-0.2, -0.15) is 0 Å². The SMILES string of the molecule is CC(C)n1c(=O)[nH]c2c(c1=O)[C@@H]1c3ccccc3OC[C@@H]1CO2. The summed E-state index contributed by atoms with van der Waals surface area (Å²) in [7, 11) is 0. The van der Waals surface area contributed by atoms with E-state index >= 15 is 0 Å². The van der Waals surface area contributed by atoms with E-state index in [0.29, 0.717) is 24.7 Å². The van der Waals surface area contributed by atoms with Crippen LogP contribution in [-0.4, -0.2) is 22.8 Å². The third kappa shape index (κ3) is 2.01. The molecular weight excluding hydrogens is 296 g/mol. The summed E-state index contributed by atoms with van der Waals surface area (Å²) >= 11 is 0. The van der Waals surface area contributed by atoms with E-state index < -0.39 is 5.69 Å². The molecule has 120 valence electrons. The van der Waals surface area contributed by atoms with Crippen molar-refractivity contribution in [1.82, 2.24) is 9.55 Å². The molecule has 1 aromatic carbocycles. The third-order valence-electron chi connectivity index (χ3n) is 4.58. The summed E-state index contributed by atoms with van der Waals surface area (Å²) in [4.78, 5) is 27.9. The molecule has 2 aliphatic rings. The Morgan fingerprint density at radius 1 is 1.17 bits per heavy atom. The largest absolute Gasteiger partial charge is 0.493 e. The van der Waals surface area contributed by atoms with Gasteiger partial charge < -0.3 is 9.47 Å². The van der Waals surface area contributed by atoms with Crippen LogP contribution >= 0.6 is 0 Å². The number of aromatic amines is 1. The highest BCUT2D eigenvalue weighted by Crippen LogP contribution is 2.44. The molecule has 1 N–H and O–H groups in total. The quantitative estimate of drug-likeness (QED) is 0.868. The number of benzene rings is 1. The lowest BCUT2D eigenvalue weighted by Gasteiger charge is -2.37. The van der Waals surface area contributed by atoms with Crippen LogP contribution in [0.4, 0.5) is 0 Å². The molecule has 0 bridgehead atoms. The normalized spacial score (nSPS) is 21.7. The number of H-pyrrole nitrogens is 1. The molecule has 2 atom stereocenters. The van der Waals surface area contributed by atoms with Gasteiger partial charge in [0, 0.05) is 23.4 Å². The number of fused-ring (bicyclic) bond motifs is 5. The highest BCUT2D eigenvalue weighted by atomic mass is 16.5. The Morgan fingerprint density at radius 3 is 2.70 bits per heavy atom. The van der Waals surface area contributed by atoms with Crippen LogP contribution in [0.1, 0.15) is 36.9 Å². The van der Waals surface area contributed by atoms with Crippen molar-refractivity contribution in [3.63, 3.8) is 0 Å². The van der Waals surface area contributed by atoms with Gasteiger partial charge in [0.1, 0.15) is 5.75 Å². The summed E-state index contributed by atoms with van der Waals surface area (Å²) in [5, 5.41) is 0. The Labute approximate surface area is 132 Å². The molecule has 6 nitrogen and oxygen atoms in total. The maximum atomic E-state index is 13.0. The molecule has 3 heterocycles. The van der Waals surface area contributed by atoms with Crippen molar-refractivity contribution < 1.29 is 9.47 Å². The van der Waals surface area contributed by atoms with Crippen LogP contribution in [0, 0.1) is 5.92 Å². The lowest BCUT2D eigenvalue weighted by molar-refractivity contribution is 0.120. The van der Waals surface area contributed by atoms with Gasteiger partial charge in [0.2, 0.25) is 5.88 Å². The maximum Gasteiger partial charge on any atom is 0.331 e. The van der Waals surface area contributed by atoms with Gasteiger partial charge in [-0.1, -0.05) is 18.2 Å². The van der Waals surface area contributed by atoms with E-state index in [-0.39, 0.29) is 23.4 Å². The van der Waals surface area contributed by atoms with Crippen molar-refractivity contribution in [2.24, 2.45) is 5.92 Å². The van der Waals surface area contributed by atoms with Crippen molar-refractivity contribution in [1.29, 1.82) is 0 Å². The average Bonchev–Trinajstić information content (AvgIpc) is 2.53. The van der Waals surface area contributed by atoms with Crippen LogP contribution in [0.25, 0.3) is 0 Å². The van der Waals surface area contributed by atoms with Gasteiger partial charge >= 0.3 is 5.69 Å². The molecule has 0 aliphatic carbocycles. The highest BCUT2D eigenvalue weighted by Gasteiger charge is 2.40. The number of aromatic nitrogens is 2. The highest BCUT2D eigenvalue weighted by molar-refractivity contribution is 5.47. The first-order chi connectivity index (χ1) is 11.1. The fourth-order valence-corrected chi connectivity index (χ4v) is 3.54. The number of ether oxygens (including phenoxy) is 2. The van der Waals surface area contributed by atoms with Crippen LogP contribution < -0.4 is 20.7 Å². The first-order valence-corrected chi connectivity index (χ1v) is 7.81. The van der Waals surface area contributed by atoms with Crippen LogP contribution in [-0.2, 0) is 0 Å². The minimum absolute atomic E-state index is 0.0663. The Bertz CT molecular complexity index is 881. The van der Waals surface area contributed by atoms with Crippen LogP contribution in [0.15, 0.2) is 33.9 Å². The van der Waals surface area contributed by atoms with Gasteiger partial charge in [0.15, 0.2) is 0 Å². The van der Waals surface area contributed by atoms with Crippen molar-refractivity contribution in [2.75, 3.05) is 13.2 Å². The summed E-state index contributed by atoms with van der Waals surface area (Å²) in [5.74, 6) is 1.05. The summed E-state index contributed by atoms with van der Waals surface area (Å²) in [5.41, 5.74) is 0.811. The minimum atomic E-state index is -0.428. The Morgan fingerprint density at radius 2 is 1.91 bits per heavy atom. The van der Waals surface area contributed by atoms with Crippen molar-refractivity contribution in [3.8, 4) is 11.6 Å². The van der Waals surface area contributed by atoms with Crippen LogP contribution in [0.5, 0.6) is 11.6 Å². The number of hydrogen-bond donors (Lipinski definition) is 1. The van der Waals surface area contributed by atoms with Gasteiger partial charge in [-0.05, 0) is 19.9 Å². The van der Waals surface area contributed by atoms with E-state index in [0.717, 1.165) is 11.3 Å². The van der Waals surface area contributed by atoms with E-state index in [2.05, 4.69) is 4.98 Å². The molecule has 23 heavy (non-hydrogen) atoms. The Balaban J connectivity index is 2.00. The molecule has 0 saturated heterocycles. The van der Waals surface area contributed by atoms with Crippen LogP contribution in [0.2, 0.25) is 0 Å². The fourth-order valence-electron chi connectivity index (χ4n) is 3.54. The molecule has 0 amide bonds. The van der Waals surface area contributed by atoms with Gasteiger partial charge in [-0.15, -0.1) is 0 Å². The number of nitrogens with zero attached hydrogens (tertiary/aromatic N) is 1. The zero-order valence-electron chi connectivity index (χ0n) is 13.0. The molecule has 1 aromatic heterocycles. The standard InChI is InChI=1S/C17H18N2O4/c1-9(2)19-16(20)14-13-10(8-23-15(14)18-17(19)21)7-22-12-6-4-3-5-11(12)13/h3-6,9-10,13H,7-8H2,1-2H3,(H,18,21)/t10-,13+/m1/s1. The van der Waals surface area contributed by atoms with E-state index in [9.17, 15) is 9.59 Å². The zero-order chi connectivity index (χ0) is 16.1. The first-order valence-electron chi connectivity index (χ1n) is 7.81. The monoisotopic (exact) mass is 314 g/mol. The number of para-hydroxylation sites is 1. The van der Waals surface area contributed by atoms with E-state index in [1.165, 1.54) is 4.57 Å². The number of hydrogen-bond acceptors (Lipinski definition) is 4. The van der Waals surface area contributed by atoms with Crippen molar-refractivity contribution in [3.05, 3.63) is 56.2 Å². The number of rotatable bonds is 1. The Hall–Kier alpha value is -2.50. The summed E-state index contributed by atoms with van der Waals surface area (Å²) in [6.45, 7) is 4.57. The molecule has 6 heteroatoms. The molecule has 4 rings (SSSR count). The number of nitrogens with one attached hydrogen (secondary N) is 1. The van der Waals surface area contributed by atoms with E-state index in [4.69, 9.17) is 9.47 Å². The van der Waals surface area contributed by atoms with Crippen LogP contribution in [0.3, 0.4) is 0 Å². The smallest absolute Gasteiger partial charge is 0.331 e. The fraction of sp³-hybridized carbons (Fsp3) is 0.412. The van der Waals surface area contributed by atoms with Gasteiger partial charge in [-0.25, -0.2) is 4.79 Å². The van der Waals surface area contributed by atoms with Gasteiger partial charge in [-0.3, -0.25) is 14.3 Å². The van der Waals surface area contributed by atoms with Crippen molar-refractivity contribution in [2.45, 2.75) is 25.8 Å². The summed E-state index contributed by atoms with van der Waals surface area (Å²) in [6.07, 6.45) is 0. The lowest BCUT2D eigenvalue weighted by Crippen LogP contribution is -2.45. The zero-order valence-corrected chi connectivity index (χ0v) is 13.0. The molecule has 0 saturated carbocycles. The van der Waals surface area contributed by atoms with E-state index in [1.807, 2.05) is 38.1 Å². The first kappa shape index (κ1) is 14.1. The van der Waals surface area contributed by atoms with Gasteiger partial charge in [0.05, 0.1) is 18.8 Å². The molecule has 2 aliphatic heterocycles. The Kier molecular flexibility index (Phi) is 3.07. The molecule has 0 unspecified atom stereocenters. The summed E-state index contributed by atoms with van der Waals surface area (Å²) in [6, 6.07) is 7.52. The predicted molar refractivity (Wildman–Crippen MR) is 84.5 cm³/mol. The second-order valence-corrected chi connectivity index (χ2v) is 6.34. The van der Waals surface area contributed by atoms with Gasteiger partial charge in [0.25, 0.3) is 5.56 Å².